The van der Waals surface area contributed by atoms with Gasteiger partial charge in [0, 0.05) is 6.20 Å². The number of rotatable bonds is 1. The predicted octanol–water partition coefficient (Wildman–Crippen LogP) is 2.14. The van der Waals surface area contributed by atoms with Crippen LogP contribution in [0.3, 0.4) is 0 Å². The van der Waals surface area contributed by atoms with E-state index in [-0.39, 0.29) is 16.3 Å². The number of hydrogen-bond acceptors (Lipinski definition) is 5. The number of aryl methyl sites for hydroxylation is 1. The molecular formula is C7H4Cl2N4O. The molecule has 0 fully saturated rings. The van der Waals surface area contributed by atoms with E-state index >= 15 is 0 Å². The van der Waals surface area contributed by atoms with Crippen LogP contribution in [0.15, 0.2) is 10.7 Å². The van der Waals surface area contributed by atoms with Crippen molar-refractivity contribution in [3.05, 3.63) is 22.5 Å². The van der Waals surface area contributed by atoms with Gasteiger partial charge in [0.2, 0.25) is 5.28 Å². The molecule has 14 heavy (non-hydrogen) atoms. The van der Waals surface area contributed by atoms with Crippen molar-refractivity contribution >= 4 is 23.2 Å². The molecule has 0 spiro atoms. The van der Waals surface area contributed by atoms with Gasteiger partial charge in [-0.05, 0) is 18.5 Å². The second-order valence-electron chi connectivity index (χ2n) is 2.49. The first kappa shape index (κ1) is 9.36. The smallest absolute Gasteiger partial charge is 0.262 e. The highest BCUT2D eigenvalue weighted by atomic mass is 35.5. The van der Waals surface area contributed by atoms with E-state index in [1.165, 1.54) is 6.20 Å². The van der Waals surface area contributed by atoms with Crippen LogP contribution in [0.25, 0.3) is 11.5 Å². The summed E-state index contributed by atoms with van der Waals surface area (Å²) in [5, 5.41) is 3.89. The monoisotopic (exact) mass is 230 g/mol. The van der Waals surface area contributed by atoms with Crippen molar-refractivity contribution in [2.24, 2.45) is 0 Å². The lowest BCUT2D eigenvalue weighted by Gasteiger charge is -1.95. The van der Waals surface area contributed by atoms with Crippen molar-refractivity contribution in [1.82, 2.24) is 20.1 Å². The Balaban J connectivity index is 2.52. The Labute approximate surface area is 89.1 Å². The molecule has 0 radical (unpaired) electrons. The third-order valence-corrected chi connectivity index (χ3v) is 1.94. The first-order chi connectivity index (χ1) is 6.66. The standard InChI is InChI=1S/C7H4Cl2N4O/c1-3-11-6(14-13-3)4-2-10-7(9)12-5(4)8/h2H,1H3. The molecule has 0 saturated carbocycles. The molecule has 2 aromatic rings. The lowest BCUT2D eigenvalue weighted by atomic mass is 10.3. The van der Waals surface area contributed by atoms with Crippen molar-refractivity contribution in [3.8, 4) is 11.5 Å². The van der Waals surface area contributed by atoms with Gasteiger partial charge in [-0.3, -0.25) is 0 Å². The molecule has 2 rings (SSSR count). The van der Waals surface area contributed by atoms with Crippen molar-refractivity contribution in [2.45, 2.75) is 6.92 Å². The van der Waals surface area contributed by atoms with Crippen LogP contribution < -0.4 is 0 Å². The summed E-state index contributed by atoms with van der Waals surface area (Å²) < 4.78 is 4.90. The van der Waals surface area contributed by atoms with E-state index in [2.05, 4.69) is 20.1 Å². The van der Waals surface area contributed by atoms with Crippen molar-refractivity contribution in [1.29, 1.82) is 0 Å². The van der Waals surface area contributed by atoms with E-state index in [0.717, 1.165) is 0 Å². The average Bonchev–Trinajstić information content (AvgIpc) is 2.51. The maximum Gasteiger partial charge on any atom is 0.262 e. The molecule has 7 heteroatoms. The summed E-state index contributed by atoms with van der Waals surface area (Å²) in [5.41, 5.74) is 0.469. The molecule has 0 saturated heterocycles. The average molecular weight is 231 g/mol. The number of nitrogens with zero attached hydrogens (tertiary/aromatic N) is 4. The number of aromatic nitrogens is 4. The minimum Gasteiger partial charge on any atom is -0.334 e. The van der Waals surface area contributed by atoms with E-state index in [0.29, 0.717) is 11.4 Å². The maximum atomic E-state index is 5.81. The van der Waals surface area contributed by atoms with Crippen LogP contribution in [-0.2, 0) is 0 Å². The fraction of sp³-hybridized carbons (Fsp3) is 0.143. The van der Waals surface area contributed by atoms with Crippen molar-refractivity contribution in [3.63, 3.8) is 0 Å². The Morgan fingerprint density at radius 3 is 2.64 bits per heavy atom. The van der Waals surface area contributed by atoms with Crippen molar-refractivity contribution in [2.75, 3.05) is 0 Å². The summed E-state index contributed by atoms with van der Waals surface area (Å²) >= 11 is 11.3. The highest BCUT2D eigenvalue weighted by Gasteiger charge is 2.12. The topological polar surface area (TPSA) is 64.7 Å². The van der Waals surface area contributed by atoms with Gasteiger partial charge in [-0.2, -0.15) is 4.98 Å². The van der Waals surface area contributed by atoms with E-state index in [1.54, 1.807) is 6.92 Å². The normalized spacial score (nSPS) is 10.5. The zero-order chi connectivity index (χ0) is 10.1. The highest BCUT2D eigenvalue weighted by Crippen LogP contribution is 2.24. The fourth-order valence-corrected chi connectivity index (χ4v) is 1.28. The van der Waals surface area contributed by atoms with Crippen molar-refractivity contribution < 1.29 is 4.52 Å². The molecule has 72 valence electrons. The van der Waals surface area contributed by atoms with Gasteiger partial charge in [-0.25, -0.2) is 9.97 Å². The lowest BCUT2D eigenvalue weighted by molar-refractivity contribution is 0.425. The molecule has 0 aliphatic carbocycles. The molecule has 5 nitrogen and oxygen atoms in total. The minimum atomic E-state index is 0.0787. The molecule has 0 aromatic carbocycles. The van der Waals surface area contributed by atoms with Crippen LogP contribution in [0, 0.1) is 6.92 Å². The van der Waals surface area contributed by atoms with Crippen LogP contribution in [-0.4, -0.2) is 20.1 Å². The summed E-state index contributed by atoms with van der Waals surface area (Å²) in [6.45, 7) is 1.71. The quantitative estimate of drug-likeness (QED) is 0.555. The molecule has 0 atom stereocenters. The van der Waals surface area contributed by atoms with Crippen LogP contribution in [0.1, 0.15) is 5.82 Å². The Bertz CT molecular complexity index is 470. The Kier molecular flexibility index (Phi) is 2.35. The third-order valence-electron chi connectivity index (χ3n) is 1.47. The first-order valence-corrected chi connectivity index (χ1v) is 4.41. The summed E-state index contributed by atoms with van der Waals surface area (Å²) in [4.78, 5) is 11.5. The lowest BCUT2D eigenvalue weighted by Crippen LogP contribution is -1.87. The Morgan fingerprint density at radius 1 is 1.29 bits per heavy atom. The zero-order valence-electron chi connectivity index (χ0n) is 7.03. The van der Waals surface area contributed by atoms with E-state index in [4.69, 9.17) is 27.7 Å². The third kappa shape index (κ3) is 1.69. The van der Waals surface area contributed by atoms with E-state index < -0.39 is 0 Å². The van der Waals surface area contributed by atoms with Crippen LogP contribution >= 0.6 is 23.2 Å². The highest BCUT2D eigenvalue weighted by molar-refractivity contribution is 6.33. The van der Waals surface area contributed by atoms with E-state index in [9.17, 15) is 0 Å². The molecular weight excluding hydrogens is 227 g/mol. The first-order valence-electron chi connectivity index (χ1n) is 3.65. The molecule has 0 N–H and O–H groups in total. The Hall–Kier alpha value is -1.20. The predicted molar refractivity (Wildman–Crippen MR) is 50.1 cm³/mol. The summed E-state index contributed by atoms with van der Waals surface area (Å²) in [7, 11) is 0. The number of hydrogen-bond donors (Lipinski definition) is 0. The largest absolute Gasteiger partial charge is 0.334 e. The summed E-state index contributed by atoms with van der Waals surface area (Å²) in [6, 6.07) is 0. The van der Waals surface area contributed by atoms with Crippen LogP contribution in [0.5, 0.6) is 0 Å². The zero-order valence-corrected chi connectivity index (χ0v) is 8.54. The van der Waals surface area contributed by atoms with Crippen LogP contribution in [0.4, 0.5) is 0 Å². The molecule has 2 aromatic heterocycles. The van der Waals surface area contributed by atoms with Gasteiger partial charge in [-0.15, -0.1) is 0 Å². The Morgan fingerprint density at radius 2 is 2.07 bits per heavy atom. The maximum absolute atomic E-state index is 5.81. The molecule has 0 bridgehead atoms. The van der Waals surface area contributed by atoms with Gasteiger partial charge >= 0.3 is 0 Å². The molecule has 0 aliphatic rings. The summed E-state index contributed by atoms with van der Waals surface area (Å²) in [5.74, 6) is 0.801. The van der Waals surface area contributed by atoms with Gasteiger partial charge in [0.05, 0.1) is 5.56 Å². The van der Waals surface area contributed by atoms with Gasteiger partial charge in [0.25, 0.3) is 5.89 Å². The second kappa shape index (κ2) is 3.51. The second-order valence-corrected chi connectivity index (χ2v) is 3.19. The molecule has 2 heterocycles. The van der Waals surface area contributed by atoms with Gasteiger partial charge in [0.15, 0.2) is 5.82 Å². The fourth-order valence-electron chi connectivity index (χ4n) is 0.891. The SMILES string of the molecule is Cc1noc(-c2cnc(Cl)nc2Cl)n1. The minimum absolute atomic E-state index is 0.0787. The number of halogens is 2. The molecule has 0 amide bonds. The van der Waals surface area contributed by atoms with Crippen LogP contribution in [0.2, 0.25) is 10.4 Å². The van der Waals surface area contributed by atoms with Gasteiger partial charge in [-0.1, -0.05) is 16.8 Å². The van der Waals surface area contributed by atoms with E-state index in [1.807, 2.05) is 0 Å². The molecule has 0 unspecified atom stereocenters. The molecule has 0 aliphatic heterocycles. The van der Waals surface area contributed by atoms with Gasteiger partial charge < -0.3 is 4.52 Å². The van der Waals surface area contributed by atoms with Gasteiger partial charge in [0.1, 0.15) is 5.15 Å². The summed E-state index contributed by atoms with van der Waals surface area (Å²) in [6.07, 6.45) is 1.44.